The highest BCUT2D eigenvalue weighted by Crippen LogP contribution is 2.39. The molecule has 1 atom stereocenters. The molecule has 0 amide bonds. The summed E-state index contributed by atoms with van der Waals surface area (Å²) in [6.07, 6.45) is -0.234. The van der Waals surface area contributed by atoms with E-state index in [1.165, 1.54) is 12.3 Å². The summed E-state index contributed by atoms with van der Waals surface area (Å²) in [7, 11) is 0. The summed E-state index contributed by atoms with van der Waals surface area (Å²) in [6.45, 7) is 1.71. The number of hydrogen-bond acceptors (Lipinski definition) is 2. The van der Waals surface area contributed by atoms with Gasteiger partial charge < -0.3 is 0 Å². The van der Waals surface area contributed by atoms with Crippen LogP contribution < -0.4 is 0 Å². The lowest BCUT2D eigenvalue weighted by Gasteiger charge is -2.18. The minimum absolute atomic E-state index is 0.103. The largest absolute Gasteiger partial charge is 0.399 e. The standard InChI is InChI=1S/C25H18Cl3F4NO/c1-14-10-15(2-7-19(14)23(34)9-6-18-5-4-17(26)13-33-18)3-8-20(25(30,31)32)16-11-21(27)24(29)22(28)12-16/h2-5,7-8,10-13,20H,6,9H2,1H3/b8-3+. The summed E-state index contributed by atoms with van der Waals surface area (Å²) < 4.78 is 54.7. The summed E-state index contributed by atoms with van der Waals surface area (Å²) in [4.78, 5) is 16.8. The molecule has 1 heterocycles. The third-order valence-electron chi connectivity index (χ3n) is 5.15. The van der Waals surface area contributed by atoms with Crippen molar-refractivity contribution in [1.82, 2.24) is 4.98 Å². The van der Waals surface area contributed by atoms with E-state index in [-0.39, 0.29) is 17.8 Å². The molecule has 0 bridgehead atoms. The highest BCUT2D eigenvalue weighted by molar-refractivity contribution is 6.35. The van der Waals surface area contributed by atoms with Gasteiger partial charge in [0, 0.05) is 23.9 Å². The predicted molar refractivity (Wildman–Crippen MR) is 127 cm³/mol. The number of Topliss-reactive ketones (excluding diaryl/α,β-unsaturated/α-hetero) is 1. The Morgan fingerprint density at radius 3 is 2.29 bits per heavy atom. The van der Waals surface area contributed by atoms with E-state index in [1.807, 2.05) is 0 Å². The molecule has 34 heavy (non-hydrogen) atoms. The fourth-order valence-corrected chi connectivity index (χ4v) is 4.02. The zero-order chi connectivity index (χ0) is 25.0. The number of hydrogen-bond donors (Lipinski definition) is 0. The lowest BCUT2D eigenvalue weighted by atomic mass is 9.95. The quantitative estimate of drug-likeness (QED) is 0.174. The van der Waals surface area contributed by atoms with Crippen molar-refractivity contribution in [3.63, 3.8) is 0 Å². The Bertz CT molecular complexity index is 1200. The molecule has 0 N–H and O–H groups in total. The Morgan fingerprint density at radius 2 is 1.74 bits per heavy atom. The van der Waals surface area contributed by atoms with Gasteiger partial charge in [0.25, 0.3) is 0 Å². The molecule has 0 aliphatic heterocycles. The van der Waals surface area contributed by atoms with Crippen LogP contribution in [-0.2, 0) is 6.42 Å². The predicted octanol–water partition coefficient (Wildman–Crippen LogP) is 8.66. The van der Waals surface area contributed by atoms with Crippen molar-refractivity contribution in [2.24, 2.45) is 0 Å². The molecule has 1 aromatic heterocycles. The number of rotatable bonds is 7. The zero-order valence-electron chi connectivity index (χ0n) is 17.8. The molecular weight excluding hydrogens is 513 g/mol. The van der Waals surface area contributed by atoms with Crippen LogP contribution in [0.1, 0.15) is 45.1 Å². The van der Waals surface area contributed by atoms with Crippen LogP contribution in [0.3, 0.4) is 0 Å². The summed E-state index contributed by atoms with van der Waals surface area (Å²) >= 11 is 17.2. The van der Waals surface area contributed by atoms with Crippen molar-refractivity contribution in [3.05, 3.63) is 104 Å². The third-order valence-corrected chi connectivity index (χ3v) is 5.92. The first kappa shape index (κ1) is 26.2. The van der Waals surface area contributed by atoms with E-state index >= 15 is 0 Å². The number of halogens is 7. The van der Waals surface area contributed by atoms with Crippen LogP contribution in [0.25, 0.3) is 6.08 Å². The van der Waals surface area contributed by atoms with Gasteiger partial charge in [0.15, 0.2) is 11.6 Å². The van der Waals surface area contributed by atoms with Gasteiger partial charge in [-0.3, -0.25) is 9.78 Å². The molecule has 0 fully saturated rings. The maximum Gasteiger partial charge on any atom is 0.399 e. The van der Waals surface area contributed by atoms with E-state index in [0.717, 1.165) is 23.9 Å². The van der Waals surface area contributed by atoms with Gasteiger partial charge in [0.2, 0.25) is 0 Å². The number of aryl methyl sites for hydroxylation is 2. The summed E-state index contributed by atoms with van der Waals surface area (Å²) in [5, 5.41) is -0.469. The van der Waals surface area contributed by atoms with E-state index in [9.17, 15) is 22.4 Å². The molecule has 0 radical (unpaired) electrons. The fourth-order valence-electron chi connectivity index (χ4n) is 3.41. The second kappa shape index (κ2) is 10.9. The van der Waals surface area contributed by atoms with Gasteiger partial charge in [0.1, 0.15) is 0 Å². The fraction of sp³-hybridized carbons (Fsp3) is 0.200. The summed E-state index contributed by atoms with van der Waals surface area (Å²) in [5.74, 6) is -3.12. The topological polar surface area (TPSA) is 30.0 Å². The Kier molecular flexibility index (Phi) is 8.39. The zero-order valence-corrected chi connectivity index (χ0v) is 20.0. The lowest BCUT2D eigenvalue weighted by molar-refractivity contribution is -0.139. The summed E-state index contributed by atoms with van der Waals surface area (Å²) in [5.41, 5.74) is 2.04. The molecule has 2 nitrogen and oxygen atoms in total. The van der Waals surface area contributed by atoms with Crippen molar-refractivity contribution in [2.75, 3.05) is 0 Å². The smallest absolute Gasteiger partial charge is 0.294 e. The third kappa shape index (κ3) is 6.59. The van der Waals surface area contributed by atoms with Crippen molar-refractivity contribution in [1.29, 1.82) is 0 Å². The van der Waals surface area contributed by atoms with Gasteiger partial charge in [-0.2, -0.15) is 13.2 Å². The van der Waals surface area contributed by atoms with E-state index in [0.29, 0.717) is 28.1 Å². The average molecular weight is 531 g/mol. The SMILES string of the molecule is Cc1cc(/C=C/C(c2cc(Cl)c(F)c(Cl)c2)C(F)(F)F)ccc1C(=O)CCc1ccc(Cl)cn1. The van der Waals surface area contributed by atoms with Crippen LogP contribution in [0.15, 0.2) is 54.7 Å². The molecule has 3 aromatic rings. The summed E-state index contributed by atoms with van der Waals surface area (Å²) in [6, 6.07) is 10.0. The minimum atomic E-state index is -4.65. The van der Waals surface area contributed by atoms with Crippen LogP contribution >= 0.6 is 34.8 Å². The maximum atomic E-state index is 13.7. The molecular formula is C25H18Cl3F4NO. The van der Waals surface area contributed by atoms with Gasteiger partial charge >= 0.3 is 6.18 Å². The highest BCUT2D eigenvalue weighted by Gasteiger charge is 2.39. The number of aromatic nitrogens is 1. The van der Waals surface area contributed by atoms with Crippen molar-refractivity contribution in [3.8, 4) is 0 Å². The van der Waals surface area contributed by atoms with E-state index in [1.54, 1.807) is 37.3 Å². The number of pyridine rings is 1. The Labute approximate surface area is 209 Å². The number of benzene rings is 2. The molecule has 0 spiro atoms. The van der Waals surface area contributed by atoms with Crippen molar-refractivity contribution < 1.29 is 22.4 Å². The van der Waals surface area contributed by atoms with Crippen LogP contribution in [0.2, 0.25) is 15.1 Å². The van der Waals surface area contributed by atoms with Gasteiger partial charge in [-0.25, -0.2) is 4.39 Å². The molecule has 1 unspecified atom stereocenters. The van der Waals surface area contributed by atoms with E-state index in [4.69, 9.17) is 34.8 Å². The van der Waals surface area contributed by atoms with Crippen molar-refractivity contribution in [2.45, 2.75) is 31.9 Å². The first-order chi connectivity index (χ1) is 16.0. The molecule has 0 aliphatic rings. The van der Waals surface area contributed by atoms with E-state index in [2.05, 4.69) is 4.98 Å². The highest BCUT2D eigenvalue weighted by atomic mass is 35.5. The average Bonchev–Trinajstić information content (AvgIpc) is 2.76. The van der Waals surface area contributed by atoms with Gasteiger partial charge in [0.05, 0.1) is 21.0 Å². The second-order valence-corrected chi connectivity index (χ2v) is 8.89. The van der Waals surface area contributed by atoms with Gasteiger partial charge in [-0.15, -0.1) is 0 Å². The van der Waals surface area contributed by atoms with Crippen LogP contribution in [0.5, 0.6) is 0 Å². The Balaban J connectivity index is 1.77. The maximum absolute atomic E-state index is 13.7. The number of carbonyl (C=O) groups is 1. The molecule has 0 saturated heterocycles. The Morgan fingerprint density at radius 1 is 1.06 bits per heavy atom. The van der Waals surface area contributed by atoms with Crippen LogP contribution in [0, 0.1) is 12.7 Å². The number of ketones is 1. The monoisotopic (exact) mass is 529 g/mol. The molecule has 3 rings (SSSR count). The van der Waals surface area contributed by atoms with E-state index < -0.39 is 28.0 Å². The lowest BCUT2D eigenvalue weighted by Crippen LogP contribution is -2.19. The number of allylic oxidation sites excluding steroid dienone is 1. The molecule has 9 heteroatoms. The molecule has 0 saturated carbocycles. The van der Waals surface area contributed by atoms with Crippen LogP contribution in [-0.4, -0.2) is 16.9 Å². The number of nitrogens with zero attached hydrogens (tertiary/aromatic N) is 1. The molecule has 2 aromatic carbocycles. The van der Waals surface area contributed by atoms with Gasteiger partial charge in [-0.1, -0.05) is 65.2 Å². The van der Waals surface area contributed by atoms with Crippen molar-refractivity contribution >= 4 is 46.7 Å². The Hall–Kier alpha value is -2.41. The molecule has 0 aliphatic carbocycles. The molecule has 178 valence electrons. The number of carbonyl (C=O) groups excluding carboxylic acids is 1. The van der Waals surface area contributed by atoms with Crippen LogP contribution in [0.4, 0.5) is 17.6 Å². The normalized spacial score (nSPS) is 12.8. The van der Waals surface area contributed by atoms with Gasteiger partial charge in [-0.05, 0) is 54.3 Å². The first-order valence-electron chi connectivity index (χ1n) is 10.1. The minimum Gasteiger partial charge on any atom is -0.294 e. The second-order valence-electron chi connectivity index (χ2n) is 7.64. The number of alkyl halides is 3. The first-order valence-corrected chi connectivity index (χ1v) is 11.2.